The van der Waals surface area contributed by atoms with Crippen molar-refractivity contribution in [3.63, 3.8) is 0 Å². The summed E-state index contributed by atoms with van der Waals surface area (Å²) >= 11 is 0. The summed E-state index contributed by atoms with van der Waals surface area (Å²) < 4.78 is 11.9. The Morgan fingerprint density at radius 1 is 1.31 bits per heavy atom. The number of aliphatic hydroxyl groups is 1. The van der Waals surface area contributed by atoms with Crippen LogP contribution >= 0.6 is 0 Å². The summed E-state index contributed by atoms with van der Waals surface area (Å²) in [4.78, 5) is 12.8. The molecule has 5 heteroatoms. The fourth-order valence-corrected chi connectivity index (χ4v) is 4.20. The number of ether oxygens (including phenoxy) is 2. The van der Waals surface area contributed by atoms with Gasteiger partial charge in [-0.15, -0.1) is 0 Å². The number of nitrogens with one attached hydrogen (secondary N) is 1. The number of hydrogen-bond donors (Lipinski definition) is 2. The van der Waals surface area contributed by atoms with Gasteiger partial charge in [0.05, 0.1) is 0 Å². The predicted molar refractivity (Wildman–Crippen MR) is 102 cm³/mol. The van der Waals surface area contributed by atoms with Crippen LogP contribution in [0.2, 0.25) is 0 Å². The normalized spacial score (nSPS) is 27.6. The molecule has 1 amide bonds. The molecule has 26 heavy (non-hydrogen) atoms. The van der Waals surface area contributed by atoms with Crippen molar-refractivity contribution < 1.29 is 19.4 Å². The van der Waals surface area contributed by atoms with E-state index in [0.29, 0.717) is 18.8 Å². The third-order valence-corrected chi connectivity index (χ3v) is 5.58. The largest absolute Gasteiger partial charge is 0.459 e. The molecule has 1 saturated carbocycles. The van der Waals surface area contributed by atoms with Crippen LogP contribution in [0.3, 0.4) is 0 Å². The van der Waals surface area contributed by atoms with Crippen molar-refractivity contribution in [3.05, 3.63) is 11.8 Å². The van der Waals surface area contributed by atoms with Crippen LogP contribution in [-0.2, 0) is 14.3 Å². The maximum atomic E-state index is 12.8. The van der Waals surface area contributed by atoms with E-state index in [-0.39, 0.29) is 35.8 Å². The first-order valence-corrected chi connectivity index (χ1v) is 10.3. The molecule has 1 heterocycles. The molecule has 0 unspecified atom stereocenters. The molecule has 1 fully saturated rings. The van der Waals surface area contributed by atoms with Gasteiger partial charge >= 0.3 is 0 Å². The topological polar surface area (TPSA) is 67.8 Å². The van der Waals surface area contributed by atoms with Crippen molar-refractivity contribution in [1.29, 1.82) is 0 Å². The summed E-state index contributed by atoms with van der Waals surface area (Å²) in [5.74, 6) is 0.574. The molecule has 2 aliphatic rings. The zero-order valence-corrected chi connectivity index (χ0v) is 16.9. The molecule has 2 rings (SSSR count). The number of amides is 1. The zero-order valence-electron chi connectivity index (χ0n) is 16.9. The molecule has 0 bridgehead atoms. The second-order valence-corrected chi connectivity index (χ2v) is 8.70. The van der Waals surface area contributed by atoms with Gasteiger partial charge in [-0.05, 0) is 50.0 Å². The number of aliphatic hydroxyl groups excluding tert-OH is 1. The molecular formula is C21H37NO4. The summed E-state index contributed by atoms with van der Waals surface area (Å²) in [6.45, 7) is 9.19. The minimum atomic E-state index is -0.437. The van der Waals surface area contributed by atoms with Crippen LogP contribution in [-0.4, -0.2) is 36.6 Å². The van der Waals surface area contributed by atoms with E-state index in [2.05, 4.69) is 26.1 Å². The van der Waals surface area contributed by atoms with Crippen molar-refractivity contribution in [2.24, 2.45) is 17.3 Å². The SMILES string of the molecule is CCO[C@H]1OC(C(=O)NC2CCCCC2)=C[C@@H](C(C)(C)C)[C@@H]1CCCO. The van der Waals surface area contributed by atoms with Crippen LogP contribution in [0.4, 0.5) is 0 Å². The van der Waals surface area contributed by atoms with E-state index in [9.17, 15) is 9.90 Å². The minimum Gasteiger partial charge on any atom is -0.459 e. The molecule has 0 radical (unpaired) electrons. The maximum absolute atomic E-state index is 12.8. The quantitative estimate of drug-likeness (QED) is 0.719. The van der Waals surface area contributed by atoms with Gasteiger partial charge in [0, 0.05) is 25.2 Å². The van der Waals surface area contributed by atoms with E-state index >= 15 is 0 Å². The summed E-state index contributed by atoms with van der Waals surface area (Å²) in [5.41, 5.74) is -0.0182. The van der Waals surface area contributed by atoms with Crippen molar-refractivity contribution in [2.45, 2.75) is 85.0 Å². The smallest absolute Gasteiger partial charge is 0.286 e. The van der Waals surface area contributed by atoms with E-state index in [1.807, 2.05) is 13.0 Å². The highest BCUT2D eigenvalue weighted by atomic mass is 16.7. The molecule has 2 N–H and O–H groups in total. The van der Waals surface area contributed by atoms with E-state index in [1.54, 1.807) is 0 Å². The standard InChI is InChI=1S/C21H37NO4/c1-5-25-20-16(12-9-13-23)17(21(2,3)4)14-18(26-20)19(24)22-15-10-7-6-8-11-15/h14-17,20,23H,5-13H2,1-4H3,(H,22,24)/t16-,17+,20-/m0/s1. The van der Waals surface area contributed by atoms with Crippen LogP contribution in [0.15, 0.2) is 11.8 Å². The van der Waals surface area contributed by atoms with Gasteiger partial charge in [0.1, 0.15) is 0 Å². The molecule has 0 saturated heterocycles. The van der Waals surface area contributed by atoms with Crippen molar-refractivity contribution in [2.75, 3.05) is 13.2 Å². The van der Waals surface area contributed by atoms with E-state index in [1.165, 1.54) is 19.3 Å². The molecule has 0 spiro atoms. The van der Waals surface area contributed by atoms with E-state index in [0.717, 1.165) is 19.3 Å². The van der Waals surface area contributed by atoms with Gasteiger partial charge in [0.15, 0.2) is 5.76 Å². The first-order chi connectivity index (χ1) is 12.4. The molecule has 3 atom stereocenters. The number of carbonyl (C=O) groups is 1. The Morgan fingerprint density at radius 2 is 2.00 bits per heavy atom. The van der Waals surface area contributed by atoms with Gasteiger partial charge in [0.25, 0.3) is 5.91 Å². The summed E-state index contributed by atoms with van der Waals surface area (Å²) in [7, 11) is 0. The Kier molecular flexibility index (Phi) is 7.96. The Morgan fingerprint density at radius 3 is 2.58 bits per heavy atom. The zero-order chi connectivity index (χ0) is 19.2. The summed E-state index contributed by atoms with van der Waals surface area (Å²) in [6.07, 6.45) is 8.81. The third kappa shape index (κ3) is 5.71. The van der Waals surface area contributed by atoms with Crippen molar-refractivity contribution in [1.82, 2.24) is 5.32 Å². The number of hydrogen-bond acceptors (Lipinski definition) is 4. The molecular weight excluding hydrogens is 330 g/mol. The molecule has 150 valence electrons. The first kappa shape index (κ1) is 21.2. The Balaban J connectivity index is 2.18. The van der Waals surface area contributed by atoms with Crippen LogP contribution in [0, 0.1) is 17.3 Å². The molecule has 1 aliphatic carbocycles. The average Bonchev–Trinajstić information content (AvgIpc) is 2.60. The summed E-state index contributed by atoms with van der Waals surface area (Å²) in [6, 6.07) is 0.256. The van der Waals surface area contributed by atoms with Crippen molar-refractivity contribution in [3.8, 4) is 0 Å². The fourth-order valence-electron chi connectivity index (χ4n) is 4.20. The molecule has 0 aromatic heterocycles. The number of carbonyl (C=O) groups excluding carboxylic acids is 1. The van der Waals surface area contributed by atoms with Crippen LogP contribution < -0.4 is 5.32 Å². The highest BCUT2D eigenvalue weighted by molar-refractivity contribution is 5.91. The second kappa shape index (κ2) is 9.75. The monoisotopic (exact) mass is 367 g/mol. The lowest BCUT2D eigenvalue weighted by atomic mass is 9.70. The first-order valence-electron chi connectivity index (χ1n) is 10.3. The van der Waals surface area contributed by atoms with Gasteiger partial charge in [-0.1, -0.05) is 40.0 Å². The number of allylic oxidation sites excluding steroid dienone is 1. The fraction of sp³-hybridized carbons (Fsp3) is 0.857. The van der Waals surface area contributed by atoms with E-state index < -0.39 is 6.29 Å². The summed E-state index contributed by atoms with van der Waals surface area (Å²) in [5, 5.41) is 12.4. The molecule has 1 aliphatic heterocycles. The highest BCUT2D eigenvalue weighted by Crippen LogP contribution is 2.42. The second-order valence-electron chi connectivity index (χ2n) is 8.70. The molecule has 0 aromatic rings. The van der Waals surface area contributed by atoms with Gasteiger partial charge in [-0.25, -0.2) is 0 Å². The lowest BCUT2D eigenvalue weighted by Crippen LogP contribution is -2.45. The van der Waals surface area contributed by atoms with Gasteiger partial charge in [0.2, 0.25) is 6.29 Å². The lowest BCUT2D eigenvalue weighted by Gasteiger charge is -2.42. The van der Waals surface area contributed by atoms with Gasteiger partial charge in [-0.3, -0.25) is 4.79 Å². The van der Waals surface area contributed by atoms with Crippen molar-refractivity contribution >= 4 is 5.91 Å². The van der Waals surface area contributed by atoms with Gasteiger partial charge < -0.3 is 19.9 Å². The van der Waals surface area contributed by atoms with E-state index in [4.69, 9.17) is 9.47 Å². The van der Waals surface area contributed by atoms with Crippen LogP contribution in [0.5, 0.6) is 0 Å². The Labute approximate surface area is 158 Å². The third-order valence-electron chi connectivity index (χ3n) is 5.58. The minimum absolute atomic E-state index is 0.0182. The van der Waals surface area contributed by atoms with Crippen LogP contribution in [0.1, 0.15) is 72.6 Å². The van der Waals surface area contributed by atoms with Gasteiger partial charge in [-0.2, -0.15) is 0 Å². The molecule has 5 nitrogen and oxygen atoms in total. The number of rotatable bonds is 7. The Hall–Kier alpha value is -1.07. The highest BCUT2D eigenvalue weighted by Gasteiger charge is 2.42. The Bertz CT molecular complexity index is 477. The lowest BCUT2D eigenvalue weighted by molar-refractivity contribution is -0.179. The molecule has 0 aromatic carbocycles. The van der Waals surface area contributed by atoms with Crippen LogP contribution in [0.25, 0.3) is 0 Å². The average molecular weight is 368 g/mol. The maximum Gasteiger partial charge on any atom is 0.286 e. The predicted octanol–water partition coefficient (Wildman–Crippen LogP) is 3.76.